The van der Waals surface area contributed by atoms with Crippen molar-refractivity contribution in [3.8, 4) is 11.5 Å². The van der Waals surface area contributed by atoms with Crippen molar-refractivity contribution in [3.05, 3.63) is 56.5 Å². The predicted octanol–water partition coefficient (Wildman–Crippen LogP) is 5.60. The molecule has 0 fully saturated rings. The van der Waals surface area contributed by atoms with E-state index in [4.69, 9.17) is 44.3 Å². The molecule has 1 amide bonds. The van der Waals surface area contributed by atoms with Gasteiger partial charge < -0.3 is 9.47 Å². The molecule has 0 radical (unpaired) electrons. The molecule has 0 spiro atoms. The Bertz CT molecular complexity index is 856. The Morgan fingerprint density at radius 2 is 1.96 bits per heavy atom. The van der Waals surface area contributed by atoms with Crippen molar-refractivity contribution in [3.63, 3.8) is 0 Å². The minimum Gasteiger partial charge on any atom is -0.493 e. The molecular weight excluding hydrogens is 411 g/mol. The van der Waals surface area contributed by atoms with Crippen LogP contribution in [-0.4, -0.2) is 25.3 Å². The van der Waals surface area contributed by atoms with Crippen LogP contribution < -0.4 is 14.9 Å². The molecule has 0 bridgehead atoms. The smallest absolute Gasteiger partial charge is 0.272 e. The fourth-order valence-electron chi connectivity index (χ4n) is 2.11. The van der Waals surface area contributed by atoms with Crippen molar-refractivity contribution in [1.82, 2.24) is 5.43 Å². The molecule has 0 heterocycles. The lowest BCUT2D eigenvalue weighted by molar-refractivity contribution is 0.0955. The van der Waals surface area contributed by atoms with Crippen LogP contribution in [0.5, 0.6) is 11.5 Å². The Kier molecular flexibility index (Phi) is 7.78. The Hall–Kier alpha value is -1.95. The summed E-state index contributed by atoms with van der Waals surface area (Å²) in [5.41, 5.74) is 3.31. The number of ether oxygens (including phenoxy) is 2. The van der Waals surface area contributed by atoms with Gasteiger partial charge in [0.2, 0.25) is 0 Å². The summed E-state index contributed by atoms with van der Waals surface area (Å²) in [6, 6.07) is 7.98. The number of benzene rings is 2. The monoisotopic (exact) mass is 428 g/mol. The van der Waals surface area contributed by atoms with Crippen molar-refractivity contribution >= 4 is 46.9 Å². The molecule has 8 heteroatoms. The number of hydrogen-bond acceptors (Lipinski definition) is 4. The normalized spacial score (nSPS) is 12.1. The zero-order chi connectivity index (χ0) is 20.0. The lowest BCUT2D eigenvalue weighted by Crippen LogP contribution is -2.18. The van der Waals surface area contributed by atoms with Crippen molar-refractivity contribution in [2.45, 2.75) is 26.4 Å². The van der Waals surface area contributed by atoms with Gasteiger partial charge in [-0.15, -0.1) is 0 Å². The average molecular weight is 430 g/mol. The molecule has 2 aromatic rings. The maximum absolute atomic E-state index is 12.1. The third-order valence-corrected chi connectivity index (χ3v) is 4.53. The van der Waals surface area contributed by atoms with Gasteiger partial charge in [0.15, 0.2) is 11.5 Å². The number of hydrogen-bond donors (Lipinski definition) is 1. The molecule has 27 heavy (non-hydrogen) atoms. The number of nitrogens with zero attached hydrogens (tertiary/aromatic N) is 1. The highest BCUT2D eigenvalue weighted by atomic mass is 35.5. The minimum atomic E-state index is -0.456. The van der Waals surface area contributed by atoms with E-state index < -0.39 is 5.91 Å². The highest BCUT2D eigenvalue weighted by Gasteiger charge is 2.14. The molecule has 144 valence electrons. The van der Waals surface area contributed by atoms with Gasteiger partial charge >= 0.3 is 0 Å². The van der Waals surface area contributed by atoms with Gasteiger partial charge in [0.05, 0.1) is 35.0 Å². The van der Waals surface area contributed by atoms with E-state index in [1.54, 1.807) is 18.2 Å². The summed E-state index contributed by atoms with van der Waals surface area (Å²) in [7, 11) is 1.53. The number of amides is 1. The van der Waals surface area contributed by atoms with Crippen LogP contribution in [0, 0.1) is 0 Å². The predicted molar refractivity (Wildman–Crippen MR) is 110 cm³/mol. The van der Waals surface area contributed by atoms with Gasteiger partial charge in [0, 0.05) is 5.02 Å². The number of nitrogens with one attached hydrogen (secondary N) is 1. The van der Waals surface area contributed by atoms with E-state index in [0.717, 1.165) is 6.42 Å². The zero-order valence-corrected chi connectivity index (χ0v) is 17.3. The number of hydrazone groups is 1. The Balaban J connectivity index is 2.14. The molecular formula is C19H19Cl3N2O3. The Morgan fingerprint density at radius 1 is 1.22 bits per heavy atom. The molecule has 0 aliphatic heterocycles. The van der Waals surface area contributed by atoms with E-state index in [1.807, 2.05) is 13.8 Å². The lowest BCUT2D eigenvalue weighted by atomic mass is 10.2. The summed E-state index contributed by atoms with van der Waals surface area (Å²) in [4.78, 5) is 12.1. The molecule has 0 saturated heterocycles. The van der Waals surface area contributed by atoms with Crippen LogP contribution in [0.4, 0.5) is 0 Å². The second kappa shape index (κ2) is 9.83. The van der Waals surface area contributed by atoms with Gasteiger partial charge in [-0.1, -0.05) is 41.7 Å². The van der Waals surface area contributed by atoms with Gasteiger partial charge in [-0.3, -0.25) is 4.79 Å². The molecule has 1 atom stereocenters. The van der Waals surface area contributed by atoms with Crippen molar-refractivity contribution in [1.29, 1.82) is 0 Å². The third-order valence-electron chi connectivity index (χ3n) is 3.70. The molecule has 0 saturated carbocycles. The van der Waals surface area contributed by atoms with Gasteiger partial charge in [-0.2, -0.15) is 5.10 Å². The zero-order valence-electron chi connectivity index (χ0n) is 15.1. The molecule has 0 aromatic heterocycles. The van der Waals surface area contributed by atoms with Crippen molar-refractivity contribution in [2.24, 2.45) is 5.10 Å². The van der Waals surface area contributed by atoms with Crippen LogP contribution in [0.15, 0.2) is 35.4 Å². The van der Waals surface area contributed by atoms with Crippen LogP contribution in [0.2, 0.25) is 15.1 Å². The first-order chi connectivity index (χ1) is 12.8. The summed E-state index contributed by atoms with van der Waals surface area (Å²) < 4.78 is 11.1. The largest absolute Gasteiger partial charge is 0.493 e. The van der Waals surface area contributed by atoms with Gasteiger partial charge in [0.1, 0.15) is 0 Å². The molecule has 1 unspecified atom stereocenters. The number of carbonyl (C=O) groups excluding carboxylic acids is 1. The van der Waals surface area contributed by atoms with Gasteiger partial charge in [-0.25, -0.2) is 5.43 Å². The van der Waals surface area contributed by atoms with Crippen LogP contribution in [0.3, 0.4) is 0 Å². The van der Waals surface area contributed by atoms with E-state index in [-0.39, 0.29) is 16.7 Å². The van der Waals surface area contributed by atoms with Gasteiger partial charge in [-0.05, 0) is 49.2 Å². The minimum absolute atomic E-state index is 0.000621. The number of carbonyl (C=O) groups is 1. The van der Waals surface area contributed by atoms with E-state index in [9.17, 15) is 4.79 Å². The van der Waals surface area contributed by atoms with E-state index in [0.29, 0.717) is 27.1 Å². The maximum Gasteiger partial charge on any atom is 0.272 e. The summed E-state index contributed by atoms with van der Waals surface area (Å²) >= 11 is 18.1. The first kappa shape index (κ1) is 21.4. The second-order valence-electron chi connectivity index (χ2n) is 5.69. The summed E-state index contributed by atoms with van der Waals surface area (Å²) in [5.74, 6) is 0.502. The molecule has 0 aliphatic carbocycles. The van der Waals surface area contributed by atoms with Crippen LogP contribution >= 0.6 is 34.8 Å². The first-order valence-corrected chi connectivity index (χ1v) is 9.31. The number of halogens is 3. The fraction of sp³-hybridized carbons (Fsp3) is 0.263. The number of methoxy groups -OCH3 is 1. The SMILES string of the molecule is CCC(C)Oc1c(Cl)cc(C=NNC(=O)c2ccc(Cl)cc2Cl)cc1OC. The Labute approximate surface area is 173 Å². The molecule has 2 rings (SSSR count). The van der Waals surface area contributed by atoms with Crippen LogP contribution in [0.1, 0.15) is 36.2 Å². The molecule has 1 N–H and O–H groups in total. The molecule has 0 aliphatic rings. The van der Waals surface area contributed by atoms with Crippen molar-refractivity contribution in [2.75, 3.05) is 7.11 Å². The van der Waals surface area contributed by atoms with Crippen LogP contribution in [-0.2, 0) is 0 Å². The molecule has 5 nitrogen and oxygen atoms in total. The first-order valence-electron chi connectivity index (χ1n) is 8.18. The summed E-state index contributed by atoms with van der Waals surface area (Å²) in [5, 5.41) is 5.01. The lowest BCUT2D eigenvalue weighted by Gasteiger charge is -2.17. The highest BCUT2D eigenvalue weighted by molar-refractivity contribution is 6.36. The van der Waals surface area contributed by atoms with Crippen LogP contribution in [0.25, 0.3) is 0 Å². The van der Waals surface area contributed by atoms with E-state index in [1.165, 1.54) is 25.5 Å². The average Bonchev–Trinajstić information content (AvgIpc) is 2.63. The topological polar surface area (TPSA) is 59.9 Å². The second-order valence-corrected chi connectivity index (χ2v) is 6.94. The quantitative estimate of drug-likeness (QED) is 0.460. The van der Waals surface area contributed by atoms with E-state index >= 15 is 0 Å². The highest BCUT2D eigenvalue weighted by Crippen LogP contribution is 2.37. The Morgan fingerprint density at radius 3 is 2.59 bits per heavy atom. The maximum atomic E-state index is 12.1. The molecule has 2 aromatic carbocycles. The van der Waals surface area contributed by atoms with Crippen molar-refractivity contribution < 1.29 is 14.3 Å². The fourth-order valence-corrected chi connectivity index (χ4v) is 2.87. The standard InChI is InChI=1S/C19H19Cl3N2O3/c1-4-11(2)27-18-16(22)7-12(8-17(18)26-3)10-23-24-19(25)14-6-5-13(20)9-15(14)21/h5-11H,4H2,1-3H3,(H,24,25). The third kappa shape index (κ3) is 5.76. The summed E-state index contributed by atoms with van der Waals surface area (Å²) in [6.45, 7) is 3.96. The number of rotatable bonds is 7. The van der Waals surface area contributed by atoms with E-state index in [2.05, 4.69) is 10.5 Å². The van der Waals surface area contributed by atoms with Gasteiger partial charge in [0.25, 0.3) is 5.91 Å². The summed E-state index contributed by atoms with van der Waals surface area (Å²) in [6.07, 6.45) is 2.28.